The minimum absolute atomic E-state index is 0.419. The van der Waals surface area contributed by atoms with Gasteiger partial charge in [0, 0.05) is 12.1 Å². The number of quaternary nitrogens is 1. The molecular formula is C14H12BrN2O+. The molecule has 0 saturated carbocycles. The first-order valence-corrected chi connectivity index (χ1v) is 6.47. The Labute approximate surface area is 114 Å². The minimum Gasteiger partial charge on any atom is -0.300 e. The second-order valence-corrected chi connectivity index (χ2v) is 4.98. The third kappa shape index (κ3) is 1.57. The molecule has 0 saturated heterocycles. The summed E-state index contributed by atoms with van der Waals surface area (Å²) in [6.45, 7) is 1.92. The van der Waals surface area contributed by atoms with Crippen molar-refractivity contribution in [3.8, 4) is 0 Å². The van der Waals surface area contributed by atoms with Crippen LogP contribution in [-0.4, -0.2) is 5.16 Å². The topological polar surface area (TPSA) is 26.0 Å². The van der Waals surface area contributed by atoms with E-state index in [2.05, 4.69) is 45.6 Å². The summed E-state index contributed by atoms with van der Waals surface area (Å²) in [4.78, 5) is 0. The van der Waals surface area contributed by atoms with Gasteiger partial charge < -0.3 is 4.52 Å². The van der Waals surface area contributed by atoms with Gasteiger partial charge >= 0.3 is 5.88 Å². The molecule has 2 heterocycles. The maximum Gasteiger partial charge on any atom is 0.351 e. The largest absolute Gasteiger partial charge is 0.351 e. The Morgan fingerprint density at radius 2 is 1.78 bits per heavy atom. The number of rotatable bonds is 2. The highest BCUT2D eigenvalue weighted by molar-refractivity contribution is 9.10. The number of halogens is 1. The van der Waals surface area contributed by atoms with Crippen LogP contribution in [0.15, 0.2) is 63.9 Å². The molecule has 0 atom stereocenters. The average molecular weight is 304 g/mol. The van der Waals surface area contributed by atoms with Gasteiger partial charge in [-0.3, -0.25) is 0 Å². The summed E-state index contributed by atoms with van der Waals surface area (Å²) in [5, 5.41) is 4.03. The molecule has 1 aromatic carbocycles. The maximum atomic E-state index is 5.51. The molecule has 0 fully saturated rings. The SMILES string of the molecule is Cc1noc([N+]2(c3ccccc3)C=CC=C2)c1Br. The molecule has 1 aromatic heterocycles. The number of nitrogens with zero attached hydrogens (tertiary/aromatic N) is 2. The summed E-state index contributed by atoms with van der Waals surface area (Å²) < 4.78 is 6.83. The first-order chi connectivity index (χ1) is 8.74. The molecule has 0 unspecified atom stereocenters. The van der Waals surface area contributed by atoms with Crippen LogP contribution in [-0.2, 0) is 0 Å². The van der Waals surface area contributed by atoms with E-state index >= 15 is 0 Å². The minimum atomic E-state index is 0.419. The number of aromatic nitrogens is 1. The molecule has 2 aromatic rings. The molecule has 0 amide bonds. The Hall–Kier alpha value is -1.65. The smallest absolute Gasteiger partial charge is 0.300 e. The number of benzene rings is 1. The zero-order valence-electron chi connectivity index (χ0n) is 9.88. The van der Waals surface area contributed by atoms with E-state index < -0.39 is 0 Å². The summed E-state index contributed by atoms with van der Waals surface area (Å²) in [6, 6.07) is 10.2. The third-order valence-corrected chi connectivity index (χ3v) is 3.96. The van der Waals surface area contributed by atoms with Crippen molar-refractivity contribution in [2.24, 2.45) is 0 Å². The molecule has 0 bridgehead atoms. The highest BCUT2D eigenvalue weighted by Crippen LogP contribution is 2.43. The molecule has 18 heavy (non-hydrogen) atoms. The molecule has 90 valence electrons. The monoisotopic (exact) mass is 303 g/mol. The fourth-order valence-electron chi connectivity index (χ4n) is 2.10. The zero-order valence-corrected chi connectivity index (χ0v) is 11.5. The van der Waals surface area contributed by atoms with E-state index in [1.165, 1.54) is 0 Å². The second-order valence-electron chi connectivity index (χ2n) is 4.18. The fourth-order valence-corrected chi connectivity index (χ4v) is 2.53. The van der Waals surface area contributed by atoms with Crippen molar-refractivity contribution in [2.75, 3.05) is 0 Å². The predicted octanol–water partition coefficient (Wildman–Crippen LogP) is 4.43. The Morgan fingerprint density at radius 1 is 1.11 bits per heavy atom. The molecule has 0 radical (unpaired) electrons. The van der Waals surface area contributed by atoms with Crippen LogP contribution in [0, 0.1) is 6.92 Å². The van der Waals surface area contributed by atoms with Crippen LogP contribution in [0.1, 0.15) is 5.69 Å². The number of aryl methyl sites for hydroxylation is 1. The number of hydrogen-bond donors (Lipinski definition) is 0. The van der Waals surface area contributed by atoms with Crippen LogP contribution in [0.5, 0.6) is 0 Å². The van der Waals surface area contributed by atoms with Gasteiger partial charge in [-0.2, -0.15) is 4.48 Å². The Morgan fingerprint density at radius 3 is 2.33 bits per heavy atom. The van der Waals surface area contributed by atoms with Crippen LogP contribution >= 0.6 is 15.9 Å². The lowest BCUT2D eigenvalue weighted by Gasteiger charge is -2.24. The van der Waals surface area contributed by atoms with E-state index in [1.807, 2.05) is 37.3 Å². The van der Waals surface area contributed by atoms with Crippen molar-refractivity contribution in [1.29, 1.82) is 0 Å². The van der Waals surface area contributed by atoms with Crippen LogP contribution < -0.4 is 4.48 Å². The quantitative estimate of drug-likeness (QED) is 0.767. The first-order valence-electron chi connectivity index (χ1n) is 5.67. The van der Waals surface area contributed by atoms with Crippen molar-refractivity contribution in [2.45, 2.75) is 6.92 Å². The van der Waals surface area contributed by atoms with Gasteiger partial charge in [-0.15, -0.1) is 0 Å². The van der Waals surface area contributed by atoms with E-state index in [0.717, 1.165) is 21.7 Å². The highest BCUT2D eigenvalue weighted by Gasteiger charge is 2.38. The standard InChI is InChI=1S/C14H12BrN2O/c1-11-13(15)14(18-16-11)17(9-5-6-10-17)12-7-3-2-4-8-12/h2-10H,1H3/q+1. The van der Waals surface area contributed by atoms with Crippen molar-refractivity contribution >= 4 is 27.5 Å². The lowest BCUT2D eigenvalue weighted by Crippen LogP contribution is -2.29. The van der Waals surface area contributed by atoms with Crippen LogP contribution in [0.25, 0.3) is 0 Å². The van der Waals surface area contributed by atoms with Gasteiger partial charge in [-0.1, -0.05) is 23.4 Å². The fraction of sp³-hybridized carbons (Fsp3) is 0.0714. The lowest BCUT2D eigenvalue weighted by molar-refractivity contribution is 0.373. The van der Waals surface area contributed by atoms with E-state index in [1.54, 1.807) is 0 Å². The Balaban J connectivity index is 2.23. The van der Waals surface area contributed by atoms with Crippen molar-refractivity contribution in [1.82, 2.24) is 9.64 Å². The van der Waals surface area contributed by atoms with Gasteiger partial charge in [-0.25, -0.2) is 0 Å². The van der Waals surface area contributed by atoms with Crippen molar-refractivity contribution in [3.05, 3.63) is 65.1 Å². The van der Waals surface area contributed by atoms with Gasteiger partial charge in [0.15, 0.2) is 0 Å². The number of para-hydroxylation sites is 1. The average Bonchev–Trinajstić information content (AvgIpc) is 3.01. The molecule has 1 aliphatic rings. The van der Waals surface area contributed by atoms with E-state index in [9.17, 15) is 0 Å². The Bertz CT molecular complexity index is 616. The van der Waals surface area contributed by atoms with Gasteiger partial charge in [0.1, 0.15) is 28.3 Å². The van der Waals surface area contributed by atoms with Crippen molar-refractivity contribution < 1.29 is 4.52 Å². The molecule has 0 spiro atoms. The van der Waals surface area contributed by atoms with Gasteiger partial charge in [0.2, 0.25) is 0 Å². The van der Waals surface area contributed by atoms with Gasteiger partial charge in [-0.05, 0) is 35.0 Å². The summed E-state index contributed by atoms with van der Waals surface area (Å²) >= 11 is 3.55. The number of hydrogen-bond acceptors (Lipinski definition) is 2. The predicted molar refractivity (Wildman–Crippen MR) is 75.1 cm³/mol. The van der Waals surface area contributed by atoms with Gasteiger partial charge in [0.05, 0.1) is 0 Å². The Kier molecular flexibility index (Phi) is 2.69. The molecule has 1 aliphatic heterocycles. The van der Waals surface area contributed by atoms with Crippen molar-refractivity contribution in [3.63, 3.8) is 0 Å². The molecule has 3 rings (SSSR count). The first kappa shape index (κ1) is 11.4. The highest BCUT2D eigenvalue weighted by atomic mass is 79.9. The van der Waals surface area contributed by atoms with E-state index in [0.29, 0.717) is 4.48 Å². The second kappa shape index (κ2) is 4.23. The van der Waals surface area contributed by atoms with E-state index in [4.69, 9.17) is 4.52 Å². The summed E-state index contributed by atoms with van der Waals surface area (Å²) in [5.74, 6) is 0.767. The third-order valence-electron chi connectivity index (χ3n) is 3.05. The zero-order chi connectivity index (χ0) is 12.6. The van der Waals surface area contributed by atoms with Crippen LogP contribution in [0.2, 0.25) is 0 Å². The molecule has 0 aliphatic carbocycles. The molecule has 3 nitrogen and oxygen atoms in total. The van der Waals surface area contributed by atoms with Gasteiger partial charge in [0.25, 0.3) is 0 Å². The normalized spacial score (nSPS) is 16.3. The van der Waals surface area contributed by atoms with Crippen LogP contribution in [0.3, 0.4) is 0 Å². The molecule has 0 N–H and O–H groups in total. The summed E-state index contributed by atoms with van der Waals surface area (Å²) in [6.07, 6.45) is 8.16. The molecule has 4 heteroatoms. The summed E-state index contributed by atoms with van der Waals surface area (Å²) in [7, 11) is 0. The molecular weight excluding hydrogens is 292 g/mol. The lowest BCUT2D eigenvalue weighted by atomic mass is 10.2. The van der Waals surface area contributed by atoms with Crippen LogP contribution in [0.4, 0.5) is 11.6 Å². The summed E-state index contributed by atoms with van der Waals surface area (Å²) in [5.41, 5.74) is 1.96. The maximum absolute atomic E-state index is 5.51. The van der Waals surface area contributed by atoms with E-state index in [-0.39, 0.29) is 0 Å². The number of allylic oxidation sites excluding steroid dienone is 2.